The van der Waals surface area contributed by atoms with Crippen LogP contribution >= 0.6 is 0 Å². The van der Waals surface area contributed by atoms with Crippen molar-refractivity contribution in [1.29, 1.82) is 0 Å². The molecule has 20 heavy (non-hydrogen) atoms. The van der Waals surface area contributed by atoms with Crippen LogP contribution in [0.5, 0.6) is 0 Å². The first-order valence-corrected chi connectivity index (χ1v) is 5.47. The van der Waals surface area contributed by atoms with Crippen LogP contribution in [-0.2, 0) is 4.74 Å². The standard InChI is InChI=1S/C13H9F3N2O2/c1-20-13(19)7-2-3-17-11(4-7)18-12-9(15)5-8(14)6-10(12)16/h2-6H,1H3,(H,17,18). The number of halogens is 3. The van der Waals surface area contributed by atoms with E-state index in [1.807, 2.05) is 0 Å². The molecule has 1 aromatic carbocycles. The van der Waals surface area contributed by atoms with Crippen LogP contribution in [0, 0.1) is 17.5 Å². The van der Waals surface area contributed by atoms with Gasteiger partial charge in [0.2, 0.25) is 0 Å². The lowest BCUT2D eigenvalue weighted by Crippen LogP contribution is -2.04. The van der Waals surface area contributed by atoms with E-state index >= 15 is 0 Å². The molecular weight excluding hydrogens is 273 g/mol. The summed E-state index contributed by atoms with van der Waals surface area (Å²) in [7, 11) is 1.20. The molecule has 0 saturated heterocycles. The Bertz CT molecular complexity index is 639. The van der Waals surface area contributed by atoms with Crippen molar-refractivity contribution in [3.8, 4) is 0 Å². The van der Waals surface area contributed by atoms with Gasteiger partial charge in [-0.15, -0.1) is 0 Å². The van der Waals surface area contributed by atoms with Crippen molar-refractivity contribution < 1.29 is 22.7 Å². The van der Waals surface area contributed by atoms with E-state index in [1.165, 1.54) is 25.4 Å². The molecule has 0 amide bonds. The number of methoxy groups -OCH3 is 1. The molecule has 104 valence electrons. The lowest BCUT2D eigenvalue weighted by atomic mass is 10.2. The van der Waals surface area contributed by atoms with Crippen LogP contribution in [0.2, 0.25) is 0 Å². The summed E-state index contributed by atoms with van der Waals surface area (Å²) in [5, 5.41) is 2.35. The first kappa shape index (κ1) is 13.9. The van der Waals surface area contributed by atoms with Crippen LogP contribution in [0.15, 0.2) is 30.5 Å². The number of nitrogens with zero attached hydrogens (tertiary/aromatic N) is 1. The number of hydrogen-bond donors (Lipinski definition) is 1. The van der Waals surface area contributed by atoms with E-state index in [1.54, 1.807) is 0 Å². The third-order valence-electron chi connectivity index (χ3n) is 2.44. The zero-order valence-corrected chi connectivity index (χ0v) is 10.3. The fourth-order valence-corrected chi connectivity index (χ4v) is 1.53. The SMILES string of the molecule is COC(=O)c1ccnc(Nc2c(F)cc(F)cc2F)c1. The van der Waals surface area contributed by atoms with E-state index in [-0.39, 0.29) is 11.4 Å². The zero-order valence-electron chi connectivity index (χ0n) is 10.3. The van der Waals surface area contributed by atoms with Gasteiger partial charge in [-0.2, -0.15) is 0 Å². The van der Waals surface area contributed by atoms with Gasteiger partial charge in [0.25, 0.3) is 0 Å². The Hall–Kier alpha value is -2.57. The molecule has 0 aliphatic carbocycles. The Morgan fingerprint density at radius 2 is 1.85 bits per heavy atom. The summed E-state index contributed by atoms with van der Waals surface area (Å²) in [6.07, 6.45) is 1.27. The molecule has 0 saturated carbocycles. The van der Waals surface area contributed by atoms with E-state index in [9.17, 15) is 18.0 Å². The predicted octanol–water partition coefficient (Wildman–Crippen LogP) is 3.03. The summed E-state index contributed by atoms with van der Waals surface area (Å²) in [5.41, 5.74) is -0.395. The van der Waals surface area contributed by atoms with Gasteiger partial charge in [0.1, 0.15) is 17.3 Å². The molecule has 2 rings (SSSR count). The maximum Gasteiger partial charge on any atom is 0.338 e. The van der Waals surface area contributed by atoms with Gasteiger partial charge in [-0.05, 0) is 12.1 Å². The predicted molar refractivity (Wildman–Crippen MR) is 65.2 cm³/mol. The summed E-state index contributed by atoms with van der Waals surface area (Å²) in [5.74, 6) is -3.82. The number of carbonyl (C=O) groups is 1. The second-order valence-corrected chi connectivity index (χ2v) is 3.79. The van der Waals surface area contributed by atoms with Crippen molar-refractivity contribution in [3.05, 3.63) is 53.5 Å². The molecule has 2 aromatic rings. The average molecular weight is 282 g/mol. The highest BCUT2D eigenvalue weighted by Gasteiger charge is 2.13. The fourth-order valence-electron chi connectivity index (χ4n) is 1.53. The number of anilines is 2. The fraction of sp³-hybridized carbons (Fsp3) is 0.0769. The first-order chi connectivity index (χ1) is 9.51. The molecule has 1 aromatic heterocycles. The summed E-state index contributed by atoms with van der Waals surface area (Å²) in [6.45, 7) is 0. The van der Waals surface area contributed by atoms with Crippen molar-refractivity contribution in [2.45, 2.75) is 0 Å². The Labute approximate surface area is 112 Å². The van der Waals surface area contributed by atoms with Crippen molar-refractivity contribution in [2.24, 2.45) is 0 Å². The number of nitrogens with one attached hydrogen (secondary N) is 1. The van der Waals surface area contributed by atoms with E-state index in [4.69, 9.17) is 0 Å². The largest absolute Gasteiger partial charge is 0.465 e. The summed E-state index contributed by atoms with van der Waals surface area (Å²) in [6, 6.07) is 3.72. The van der Waals surface area contributed by atoms with E-state index in [0.717, 1.165) is 0 Å². The number of rotatable bonds is 3. The minimum absolute atomic E-state index is 0.0253. The number of carbonyl (C=O) groups excluding carboxylic acids is 1. The number of esters is 1. The quantitative estimate of drug-likeness (QED) is 0.879. The Balaban J connectivity index is 2.33. The Morgan fingerprint density at radius 3 is 2.45 bits per heavy atom. The zero-order chi connectivity index (χ0) is 14.7. The molecule has 1 N–H and O–H groups in total. The topological polar surface area (TPSA) is 51.2 Å². The number of hydrogen-bond acceptors (Lipinski definition) is 4. The molecule has 0 aliphatic rings. The molecule has 7 heteroatoms. The summed E-state index contributed by atoms with van der Waals surface area (Å²) < 4.78 is 44.2. The lowest BCUT2D eigenvalue weighted by molar-refractivity contribution is 0.0600. The highest BCUT2D eigenvalue weighted by molar-refractivity contribution is 5.90. The number of aromatic nitrogens is 1. The second kappa shape index (κ2) is 5.60. The van der Waals surface area contributed by atoms with Crippen LogP contribution < -0.4 is 5.32 Å². The monoisotopic (exact) mass is 282 g/mol. The van der Waals surface area contributed by atoms with Gasteiger partial charge in [-0.1, -0.05) is 0 Å². The van der Waals surface area contributed by atoms with Crippen molar-refractivity contribution in [2.75, 3.05) is 12.4 Å². The maximum atomic E-state index is 13.5. The van der Waals surface area contributed by atoms with Crippen molar-refractivity contribution in [1.82, 2.24) is 4.98 Å². The van der Waals surface area contributed by atoms with Gasteiger partial charge in [-0.25, -0.2) is 22.9 Å². The van der Waals surface area contributed by atoms with Gasteiger partial charge in [-0.3, -0.25) is 0 Å². The van der Waals surface area contributed by atoms with Crippen LogP contribution in [0.3, 0.4) is 0 Å². The molecule has 0 aliphatic heterocycles. The average Bonchev–Trinajstić information content (AvgIpc) is 2.42. The molecule has 0 bridgehead atoms. The molecule has 0 spiro atoms. The normalized spacial score (nSPS) is 10.2. The highest BCUT2D eigenvalue weighted by atomic mass is 19.1. The second-order valence-electron chi connectivity index (χ2n) is 3.79. The van der Waals surface area contributed by atoms with Gasteiger partial charge in [0.15, 0.2) is 11.6 Å². The minimum Gasteiger partial charge on any atom is -0.465 e. The minimum atomic E-state index is -1.10. The third kappa shape index (κ3) is 2.87. The maximum absolute atomic E-state index is 13.5. The third-order valence-corrected chi connectivity index (χ3v) is 2.44. The smallest absolute Gasteiger partial charge is 0.338 e. The number of pyridine rings is 1. The Kier molecular flexibility index (Phi) is 3.88. The first-order valence-electron chi connectivity index (χ1n) is 5.47. The molecule has 0 radical (unpaired) electrons. The molecule has 1 heterocycles. The van der Waals surface area contributed by atoms with Crippen LogP contribution in [0.1, 0.15) is 10.4 Å². The highest BCUT2D eigenvalue weighted by Crippen LogP contribution is 2.23. The molecular formula is C13H9F3N2O2. The van der Waals surface area contributed by atoms with Crippen LogP contribution in [0.25, 0.3) is 0 Å². The van der Waals surface area contributed by atoms with Crippen LogP contribution in [0.4, 0.5) is 24.7 Å². The number of ether oxygens (including phenoxy) is 1. The van der Waals surface area contributed by atoms with Gasteiger partial charge in [0, 0.05) is 18.3 Å². The molecule has 0 fully saturated rings. The molecule has 0 unspecified atom stereocenters. The summed E-state index contributed by atoms with van der Waals surface area (Å²) in [4.78, 5) is 15.1. The van der Waals surface area contributed by atoms with E-state index < -0.39 is 29.1 Å². The van der Waals surface area contributed by atoms with Crippen molar-refractivity contribution >= 4 is 17.5 Å². The van der Waals surface area contributed by atoms with Crippen LogP contribution in [-0.4, -0.2) is 18.1 Å². The van der Waals surface area contributed by atoms with Crippen molar-refractivity contribution in [3.63, 3.8) is 0 Å². The van der Waals surface area contributed by atoms with Gasteiger partial charge >= 0.3 is 5.97 Å². The molecule has 0 atom stereocenters. The number of benzene rings is 1. The van der Waals surface area contributed by atoms with E-state index in [0.29, 0.717) is 12.1 Å². The van der Waals surface area contributed by atoms with Gasteiger partial charge in [0.05, 0.1) is 12.7 Å². The lowest BCUT2D eigenvalue weighted by Gasteiger charge is -2.09. The molecule has 4 nitrogen and oxygen atoms in total. The van der Waals surface area contributed by atoms with Gasteiger partial charge < -0.3 is 10.1 Å². The Morgan fingerprint density at radius 1 is 1.20 bits per heavy atom. The van der Waals surface area contributed by atoms with E-state index in [2.05, 4.69) is 15.0 Å². The summed E-state index contributed by atoms with van der Waals surface area (Å²) >= 11 is 0.